The monoisotopic (exact) mass is 327 g/mol. The van der Waals surface area contributed by atoms with Crippen LogP contribution >= 0.6 is 11.8 Å². The third-order valence-corrected chi connectivity index (χ3v) is 4.55. The van der Waals surface area contributed by atoms with Gasteiger partial charge in [-0.2, -0.15) is 0 Å². The molecule has 4 heteroatoms. The predicted molar refractivity (Wildman–Crippen MR) is 104 cm³/mol. The van der Waals surface area contributed by atoms with Gasteiger partial charge in [-0.05, 0) is 74.6 Å². The number of hydrogen-bond donors (Lipinski definition) is 1. The van der Waals surface area contributed by atoms with E-state index in [1.807, 2.05) is 13.4 Å². The van der Waals surface area contributed by atoms with Crippen molar-refractivity contribution < 1.29 is 0 Å². The van der Waals surface area contributed by atoms with Gasteiger partial charge in [-0.1, -0.05) is 0 Å². The average Bonchev–Trinajstić information content (AvgIpc) is 2.57. The van der Waals surface area contributed by atoms with Crippen LogP contribution in [0.25, 0.3) is 0 Å². The molecule has 0 saturated heterocycles. The molecule has 0 saturated carbocycles. The van der Waals surface area contributed by atoms with Gasteiger partial charge in [0.2, 0.25) is 0 Å². The van der Waals surface area contributed by atoms with Crippen LogP contribution in [0.4, 0.5) is 17.1 Å². The fourth-order valence-electron chi connectivity index (χ4n) is 2.15. The number of aliphatic imine (C=N–C) groups is 1. The minimum Gasteiger partial charge on any atom is -0.366 e. The van der Waals surface area contributed by atoms with Crippen molar-refractivity contribution in [2.45, 2.75) is 25.7 Å². The molecule has 0 fully saturated rings. The maximum Gasteiger partial charge on any atom is 0.0909 e. The largest absolute Gasteiger partial charge is 0.366 e. The van der Waals surface area contributed by atoms with Crippen LogP contribution in [0, 0.1) is 13.8 Å². The summed E-state index contributed by atoms with van der Waals surface area (Å²) < 4.78 is 0. The SMILES string of the molecule is CCN(C)C=Nc1cc(C)c(Nc2ccc(SC)cc2)cc1C. The van der Waals surface area contributed by atoms with Gasteiger partial charge in [-0.3, -0.25) is 0 Å². The molecule has 1 N–H and O–H groups in total. The van der Waals surface area contributed by atoms with E-state index in [1.54, 1.807) is 11.8 Å². The van der Waals surface area contributed by atoms with Crippen molar-refractivity contribution in [2.24, 2.45) is 4.99 Å². The summed E-state index contributed by atoms with van der Waals surface area (Å²) in [6.45, 7) is 7.27. The lowest BCUT2D eigenvalue weighted by Gasteiger charge is -2.13. The van der Waals surface area contributed by atoms with Crippen LogP contribution in [0.5, 0.6) is 0 Å². The second kappa shape index (κ2) is 8.06. The van der Waals surface area contributed by atoms with Crippen molar-refractivity contribution in [1.82, 2.24) is 4.90 Å². The van der Waals surface area contributed by atoms with Crippen molar-refractivity contribution in [2.75, 3.05) is 25.2 Å². The van der Waals surface area contributed by atoms with Gasteiger partial charge >= 0.3 is 0 Å². The van der Waals surface area contributed by atoms with Crippen LogP contribution in [0.1, 0.15) is 18.1 Å². The number of nitrogens with zero attached hydrogens (tertiary/aromatic N) is 2. The van der Waals surface area contributed by atoms with E-state index in [0.29, 0.717) is 0 Å². The normalized spacial score (nSPS) is 11.0. The van der Waals surface area contributed by atoms with Crippen LogP contribution in [0.2, 0.25) is 0 Å². The first-order valence-electron chi connectivity index (χ1n) is 7.80. The molecule has 0 atom stereocenters. The Morgan fingerprint density at radius 1 is 1.13 bits per heavy atom. The number of hydrogen-bond acceptors (Lipinski definition) is 3. The van der Waals surface area contributed by atoms with Gasteiger partial charge in [-0.25, -0.2) is 4.99 Å². The van der Waals surface area contributed by atoms with Gasteiger partial charge in [0.1, 0.15) is 0 Å². The van der Waals surface area contributed by atoms with Gasteiger partial charge in [0.15, 0.2) is 0 Å². The van der Waals surface area contributed by atoms with Crippen molar-refractivity contribution in [1.29, 1.82) is 0 Å². The number of anilines is 2. The van der Waals surface area contributed by atoms with E-state index in [4.69, 9.17) is 0 Å². The van der Waals surface area contributed by atoms with Crippen molar-refractivity contribution in [3.63, 3.8) is 0 Å². The minimum absolute atomic E-state index is 0.952. The quantitative estimate of drug-likeness (QED) is 0.438. The highest BCUT2D eigenvalue weighted by Crippen LogP contribution is 2.29. The molecule has 0 bridgehead atoms. The van der Waals surface area contributed by atoms with Crippen molar-refractivity contribution in [3.8, 4) is 0 Å². The summed E-state index contributed by atoms with van der Waals surface area (Å²) in [4.78, 5) is 7.91. The average molecular weight is 327 g/mol. The highest BCUT2D eigenvalue weighted by Gasteiger charge is 2.05. The van der Waals surface area contributed by atoms with Crippen LogP contribution in [-0.4, -0.2) is 31.1 Å². The first kappa shape index (κ1) is 17.4. The Bertz CT molecular complexity index is 678. The maximum absolute atomic E-state index is 4.58. The zero-order valence-corrected chi connectivity index (χ0v) is 15.4. The highest BCUT2D eigenvalue weighted by molar-refractivity contribution is 7.98. The topological polar surface area (TPSA) is 27.6 Å². The van der Waals surface area contributed by atoms with E-state index in [1.165, 1.54) is 16.0 Å². The Morgan fingerprint density at radius 2 is 1.83 bits per heavy atom. The molecule has 23 heavy (non-hydrogen) atoms. The molecule has 0 unspecified atom stereocenters. The third kappa shape index (κ3) is 4.76. The van der Waals surface area contributed by atoms with E-state index in [2.05, 4.69) is 78.6 Å². The smallest absolute Gasteiger partial charge is 0.0909 e. The van der Waals surface area contributed by atoms with Crippen LogP contribution in [0.15, 0.2) is 46.3 Å². The van der Waals surface area contributed by atoms with Gasteiger partial charge in [0, 0.05) is 29.9 Å². The third-order valence-electron chi connectivity index (χ3n) is 3.80. The molecular weight excluding hydrogens is 302 g/mol. The summed E-state index contributed by atoms with van der Waals surface area (Å²) in [5.41, 5.74) is 5.61. The van der Waals surface area contributed by atoms with Crippen molar-refractivity contribution in [3.05, 3.63) is 47.5 Å². The number of aryl methyl sites for hydroxylation is 2. The molecule has 0 aliphatic rings. The zero-order valence-electron chi connectivity index (χ0n) is 14.6. The number of rotatable bonds is 6. The summed E-state index contributed by atoms with van der Waals surface area (Å²) in [5.74, 6) is 0. The molecule has 0 aliphatic carbocycles. The summed E-state index contributed by atoms with van der Waals surface area (Å²) >= 11 is 1.75. The molecular formula is C19H25N3S. The van der Waals surface area contributed by atoms with Gasteiger partial charge < -0.3 is 10.2 Å². The number of benzene rings is 2. The lowest BCUT2D eigenvalue weighted by atomic mass is 10.1. The van der Waals surface area contributed by atoms with Crippen LogP contribution in [0.3, 0.4) is 0 Å². The Morgan fingerprint density at radius 3 is 2.43 bits per heavy atom. The van der Waals surface area contributed by atoms with Crippen molar-refractivity contribution >= 4 is 35.2 Å². The summed E-state index contributed by atoms with van der Waals surface area (Å²) in [6, 6.07) is 12.8. The molecule has 0 amide bonds. The fourth-order valence-corrected chi connectivity index (χ4v) is 2.56. The van der Waals surface area contributed by atoms with E-state index in [-0.39, 0.29) is 0 Å². The molecule has 2 aromatic rings. The van der Waals surface area contributed by atoms with Gasteiger partial charge in [-0.15, -0.1) is 11.8 Å². The molecule has 0 aliphatic heterocycles. The first-order chi connectivity index (χ1) is 11.0. The molecule has 0 spiro atoms. The van der Waals surface area contributed by atoms with Crippen LogP contribution in [-0.2, 0) is 0 Å². The number of thioether (sulfide) groups is 1. The Hall–Kier alpha value is -1.94. The summed E-state index contributed by atoms with van der Waals surface area (Å²) in [5, 5.41) is 3.50. The number of nitrogens with one attached hydrogen (secondary N) is 1. The summed E-state index contributed by atoms with van der Waals surface area (Å²) in [7, 11) is 2.03. The second-order valence-electron chi connectivity index (χ2n) is 5.62. The standard InChI is InChI=1S/C19H25N3S/c1-6-22(4)13-20-18-11-15(3)19(12-14(18)2)21-16-7-9-17(23-5)10-8-16/h7-13,21H,6H2,1-5H3. The van der Waals surface area contributed by atoms with E-state index >= 15 is 0 Å². The zero-order chi connectivity index (χ0) is 16.8. The van der Waals surface area contributed by atoms with Gasteiger partial charge in [0.05, 0.1) is 12.0 Å². The summed E-state index contributed by atoms with van der Waals surface area (Å²) in [6.07, 6.45) is 3.97. The van der Waals surface area contributed by atoms with E-state index in [9.17, 15) is 0 Å². The molecule has 122 valence electrons. The van der Waals surface area contributed by atoms with E-state index < -0.39 is 0 Å². The van der Waals surface area contributed by atoms with Gasteiger partial charge in [0.25, 0.3) is 0 Å². The molecule has 2 rings (SSSR count). The molecule has 0 radical (unpaired) electrons. The van der Waals surface area contributed by atoms with E-state index in [0.717, 1.165) is 23.6 Å². The second-order valence-corrected chi connectivity index (χ2v) is 6.50. The highest BCUT2D eigenvalue weighted by atomic mass is 32.2. The van der Waals surface area contributed by atoms with Crippen LogP contribution < -0.4 is 5.32 Å². The lowest BCUT2D eigenvalue weighted by molar-refractivity contribution is 0.552. The molecule has 0 heterocycles. The minimum atomic E-state index is 0.952. The molecule has 0 aromatic heterocycles. The lowest BCUT2D eigenvalue weighted by Crippen LogP contribution is -2.14. The Kier molecular flexibility index (Phi) is 6.11. The predicted octanol–water partition coefficient (Wildman–Crippen LogP) is 5.38. The molecule has 3 nitrogen and oxygen atoms in total. The first-order valence-corrected chi connectivity index (χ1v) is 9.02. The Labute approximate surface area is 143 Å². The Balaban J connectivity index is 2.20. The molecule has 2 aromatic carbocycles. The maximum atomic E-state index is 4.58. The fraction of sp³-hybridized carbons (Fsp3) is 0.316.